The van der Waals surface area contributed by atoms with Crippen molar-refractivity contribution in [2.45, 2.75) is 69.7 Å². The number of nitrogens with zero attached hydrogens (tertiary/aromatic N) is 2. The predicted molar refractivity (Wildman–Crippen MR) is 75.9 cm³/mol. The molecule has 2 aliphatic carbocycles. The van der Waals surface area contributed by atoms with Gasteiger partial charge < -0.3 is 9.64 Å². The van der Waals surface area contributed by atoms with Crippen LogP contribution in [0, 0.1) is 11.3 Å². The van der Waals surface area contributed by atoms with E-state index in [9.17, 15) is 5.26 Å². The van der Waals surface area contributed by atoms with Gasteiger partial charge in [0.15, 0.2) is 0 Å². The third kappa shape index (κ3) is 4.17. The summed E-state index contributed by atoms with van der Waals surface area (Å²) >= 11 is 0. The van der Waals surface area contributed by atoms with E-state index in [-0.39, 0.29) is 5.54 Å². The first-order valence-electron chi connectivity index (χ1n) is 7.55. The molecule has 0 aromatic heterocycles. The van der Waals surface area contributed by atoms with E-state index in [1.54, 1.807) is 0 Å². The molecule has 2 rings (SSSR count). The van der Waals surface area contributed by atoms with Crippen LogP contribution in [0.15, 0.2) is 0 Å². The van der Waals surface area contributed by atoms with Gasteiger partial charge in [-0.25, -0.2) is 0 Å². The van der Waals surface area contributed by atoms with E-state index >= 15 is 0 Å². The average Bonchev–Trinajstić information content (AvgIpc) is 3.06. The number of nitriles is 1. The van der Waals surface area contributed by atoms with Crippen molar-refractivity contribution in [1.82, 2.24) is 10.2 Å². The summed E-state index contributed by atoms with van der Waals surface area (Å²) in [4.78, 5) is 2.36. The van der Waals surface area contributed by atoms with E-state index in [4.69, 9.17) is 4.74 Å². The molecule has 4 heteroatoms. The van der Waals surface area contributed by atoms with Crippen molar-refractivity contribution < 1.29 is 4.74 Å². The molecule has 2 unspecified atom stereocenters. The molecule has 4 nitrogen and oxygen atoms in total. The fourth-order valence-corrected chi connectivity index (χ4v) is 2.89. The lowest BCUT2D eigenvalue weighted by Crippen LogP contribution is -2.45. The Bertz CT molecular complexity index is 335. The molecule has 0 aromatic rings. The molecule has 2 aliphatic rings. The summed E-state index contributed by atoms with van der Waals surface area (Å²) in [5, 5.41) is 13.0. The first kappa shape index (κ1) is 14.8. The van der Waals surface area contributed by atoms with Crippen LogP contribution in [0.2, 0.25) is 0 Å². The van der Waals surface area contributed by atoms with Gasteiger partial charge in [0.05, 0.1) is 18.8 Å². The smallest absolute Gasteiger partial charge is 0.108 e. The Morgan fingerprint density at radius 3 is 2.74 bits per heavy atom. The van der Waals surface area contributed by atoms with Gasteiger partial charge in [-0.2, -0.15) is 5.26 Å². The predicted octanol–water partition coefficient (Wildman–Crippen LogP) is 1.91. The Kier molecular flexibility index (Phi) is 4.83. The lowest BCUT2D eigenvalue weighted by Gasteiger charge is -2.27. The summed E-state index contributed by atoms with van der Waals surface area (Å²) in [6.45, 7) is 5.86. The van der Waals surface area contributed by atoms with E-state index in [2.05, 4.69) is 37.2 Å². The van der Waals surface area contributed by atoms with Crippen molar-refractivity contribution in [2.24, 2.45) is 0 Å². The molecule has 0 bridgehead atoms. The molecule has 0 radical (unpaired) electrons. The molecule has 2 saturated carbocycles. The highest BCUT2D eigenvalue weighted by Gasteiger charge is 2.43. The highest BCUT2D eigenvalue weighted by molar-refractivity contribution is 5.15. The summed E-state index contributed by atoms with van der Waals surface area (Å²) in [6, 6.07) is 3.66. The topological polar surface area (TPSA) is 48.3 Å². The maximum Gasteiger partial charge on any atom is 0.108 e. The third-order valence-corrected chi connectivity index (χ3v) is 4.28. The van der Waals surface area contributed by atoms with Crippen molar-refractivity contribution >= 4 is 0 Å². The summed E-state index contributed by atoms with van der Waals surface area (Å²) in [6.07, 6.45) is 5.84. The highest BCUT2D eigenvalue weighted by Crippen LogP contribution is 2.35. The Morgan fingerprint density at radius 2 is 2.16 bits per heavy atom. The van der Waals surface area contributed by atoms with Crippen LogP contribution < -0.4 is 5.32 Å². The number of hydrogen-bond acceptors (Lipinski definition) is 4. The molecule has 0 heterocycles. The standard InChI is InChI=1S/C15H27N3O/c1-12(2)19-9-8-18(3)14-6-7-15(10-14,11-16)17-13-4-5-13/h12-14,17H,4-10H2,1-3H3. The molecular formula is C15H27N3O. The summed E-state index contributed by atoms with van der Waals surface area (Å²) in [5.41, 5.74) is -0.265. The third-order valence-electron chi connectivity index (χ3n) is 4.28. The van der Waals surface area contributed by atoms with E-state index in [1.807, 2.05) is 0 Å². The SMILES string of the molecule is CC(C)OCCN(C)C1CCC(C#N)(NC2CC2)C1. The fourth-order valence-electron chi connectivity index (χ4n) is 2.89. The van der Waals surface area contributed by atoms with E-state index < -0.39 is 0 Å². The number of nitrogens with one attached hydrogen (secondary N) is 1. The van der Waals surface area contributed by atoms with Gasteiger partial charge in [-0.1, -0.05) is 0 Å². The fraction of sp³-hybridized carbons (Fsp3) is 0.933. The number of ether oxygens (including phenoxy) is 1. The van der Waals surface area contributed by atoms with Crippen LogP contribution in [0.1, 0.15) is 46.0 Å². The Morgan fingerprint density at radius 1 is 1.42 bits per heavy atom. The molecule has 2 fully saturated rings. The van der Waals surface area contributed by atoms with Crippen molar-refractivity contribution in [2.75, 3.05) is 20.2 Å². The molecule has 2 atom stereocenters. The molecular weight excluding hydrogens is 238 g/mol. The lowest BCUT2D eigenvalue weighted by atomic mass is 9.99. The molecule has 0 aliphatic heterocycles. The first-order valence-corrected chi connectivity index (χ1v) is 7.55. The van der Waals surface area contributed by atoms with Crippen LogP contribution in [-0.4, -0.2) is 48.8 Å². The zero-order chi connectivity index (χ0) is 13.9. The zero-order valence-electron chi connectivity index (χ0n) is 12.5. The molecule has 108 valence electrons. The Labute approximate surface area is 117 Å². The van der Waals surface area contributed by atoms with Gasteiger partial charge in [0, 0.05) is 18.6 Å². The van der Waals surface area contributed by atoms with Gasteiger partial charge in [-0.15, -0.1) is 0 Å². The van der Waals surface area contributed by atoms with Gasteiger partial charge in [0.1, 0.15) is 5.54 Å². The van der Waals surface area contributed by atoms with Crippen LogP contribution in [0.5, 0.6) is 0 Å². The number of likely N-dealkylation sites (N-methyl/N-ethyl adjacent to an activating group) is 1. The van der Waals surface area contributed by atoms with Crippen LogP contribution >= 0.6 is 0 Å². The van der Waals surface area contributed by atoms with Gasteiger partial charge in [-0.05, 0) is 53.0 Å². The normalized spacial score (nSPS) is 31.1. The van der Waals surface area contributed by atoms with Crippen LogP contribution in [0.4, 0.5) is 0 Å². The lowest BCUT2D eigenvalue weighted by molar-refractivity contribution is 0.0558. The minimum Gasteiger partial charge on any atom is -0.377 e. The van der Waals surface area contributed by atoms with Gasteiger partial charge in [0.2, 0.25) is 0 Å². The Balaban J connectivity index is 1.77. The second kappa shape index (κ2) is 6.21. The average molecular weight is 265 g/mol. The molecule has 0 saturated heterocycles. The van der Waals surface area contributed by atoms with Gasteiger partial charge in [-0.3, -0.25) is 5.32 Å². The second-order valence-corrected chi connectivity index (χ2v) is 6.41. The van der Waals surface area contributed by atoms with Crippen molar-refractivity contribution in [3.05, 3.63) is 0 Å². The quantitative estimate of drug-likeness (QED) is 0.764. The molecule has 0 amide bonds. The van der Waals surface area contributed by atoms with Crippen molar-refractivity contribution in [1.29, 1.82) is 5.26 Å². The van der Waals surface area contributed by atoms with Crippen LogP contribution in [-0.2, 0) is 4.74 Å². The van der Waals surface area contributed by atoms with Crippen molar-refractivity contribution in [3.8, 4) is 6.07 Å². The van der Waals surface area contributed by atoms with E-state index in [0.29, 0.717) is 18.2 Å². The second-order valence-electron chi connectivity index (χ2n) is 6.41. The van der Waals surface area contributed by atoms with Gasteiger partial charge in [0.25, 0.3) is 0 Å². The van der Waals surface area contributed by atoms with E-state index in [0.717, 1.165) is 32.4 Å². The largest absolute Gasteiger partial charge is 0.377 e. The van der Waals surface area contributed by atoms with Crippen molar-refractivity contribution in [3.63, 3.8) is 0 Å². The molecule has 19 heavy (non-hydrogen) atoms. The minimum absolute atomic E-state index is 0.265. The highest BCUT2D eigenvalue weighted by atomic mass is 16.5. The maximum atomic E-state index is 9.49. The molecule has 0 aromatic carbocycles. The summed E-state index contributed by atoms with van der Waals surface area (Å²) in [7, 11) is 2.15. The number of rotatable bonds is 7. The Hall–Kier alpha value is -0.630. The number of hydrogen-bond donors (Lipinski definition) is 1. The molecule has 0 spiro atoms. The monoisotopic (exact) mass is 265 g/mol. The summed E-state index contributed by atoms with van der Waals surface area (Å²) in [5.74, 6) is 0. The van der Waals surface area contributed by atoms with Crippen LogP contribution in [0.25, 0.3) is 0 Å². The van der Waals surface area contributed by atoms with Gasteiger partial charge >= 0.3 is 0 Å². The van der Waals surface area contributed by atoms with Crippen LogP contribution in [0.3, 0.4) is 0 Å². The molecule has 1 N–H and O–H groups in total. The maximum absolute atomic E-state index is 9.49. The summed E-state index contributed by atoms with van der Waals surface area (Å²) < 4.78 is 5.60. The minimum atomic E-state index is -0.265. The zero-order valence-corrected chi connectivity index (χ0v) is 12.5. The first-order chi connectivity index (χ1) is 9.04. The van der Waals surface area contributed by atoms with E-state index in [1.165, 1.54) is 12.8 Å².